The van der Waals surface area contributed by atoms with Crippen molar-refractivity contribution in [3.8, 4) is 11.3 Å². The molecule has 7 nitrogen and oxygen atoms in total. The Bertz CT molecular complexity index is 815. The van der Waals surface area contributed by atoms with E-state index in [2.05, 4.69) is 39.2 Å². The van der Waals surface area contributed by atoms with E-state index in [0.29, 0.717) is 18.8 Å². The second-order valence-corrected chi connectivity index (χ2v) is 8.29. The minimum absolute atomic E-state index is 0. The molecule has 0 aliphatic carbocycles. The van der Waals surface area contributed by atoms with E-state index in [-0.39, 0.29) is 24.0 Å². The Morgan fingerprint density at radius 2 is 2.03 bits per heavy atom. The number of aliphatic imine (C=N–C) groups is 1. The highest BCUT2D eigenvalue weighted by molar-refractivity contribution is 14.0. The minimum atomic E-state index is 0. The van der Waals surface area contributed by atoms with Gasteiger partial charge in [-0.3, -0.25) is 0 Å². The van der Waals surface area contributed by atoms with Crippen LogP contribution in [-0.2, 0) is 16.0 Å². The fourth-order valence-electron chi connectivity index (χ4n) is 4.20. The minimum Gasteiger partial charge on any atom is -0.376 e. The number of H-pyrrole nitrogens is 1. The number of guanidine groups is 1. The van der Waals surface area contributed by atoms with E-state index in [1.807, 2.05) is 24.4 Å². The Hall–Kier alpha value is -1.65. The predicted octanol–water partition coefficient (Wildman–Crippen LogP) is 4.21. The lowest BCUT2D eigenvalue weighted by atomic mass is 10.1. The molecule has 3 heterocycles. The van der Waals surface area contributed by atoms with Crippen LogP contribution in [-0.4, -0.2) is 65.9 Å². The molecular weight excluding hydrogens is 517 g/mol. The average molecular weight is 553 g/mol. The number of ether oxygens (including phenoxy) is 2. The summed E-state index contributed by atoms with van der Waals surface area (Å²) in [6.07, 6.45) is 8.13. The number of piperidine rings is 1. The van der Waals surface area contributed by atoms with Crippen molar-refractivity contribution >= 4 is 29.9 Å². The summed E-state index contributed by atoms with van der Waals surface area (Å²) in [4.78, 5) is 15.1. The van der Waals surface area contributed by atoms with Crippen LogP contribution in [0, 0.1) is 0 Å². The number of imidazole rings is 1. The van der Waals surface area contributed by atoms with E-state index in [4.69, 9.17) is 14.5 Å². The summed E-state index contributed by atoms with van der Waals surface area (Å²) < 4.78 is 11.9. The first-order valence-corrected chi connectivity index (χ1v) is 11.7. The van der Waals surface area contributed by atoms with Gasteiger partial charge in [0.2, 0.25) is 0 Å². The lowest BCUT2D eigenvalue weighted by Gasteiger charge is -2.35. The Morgan fingerprint density at radius 3 is 2.75 bits per heavy atom. The summed E-state index contributed by atoms with van der Waals surface area (Å²) in [6, 6.07) is 10.2. The van der Waals surface area contributed by atoms with Gasteiger partial charge in [-0.15, -0.1) is 24.0 Å². The van der Waals surface area contributed by atoms with Crippen molar-refractivity contribution in [3.63, 3.8) is 0 Å². The smallest absolute Gasteiger partial charge is 0.194 e. The number of benzene rings is 1. The fourth-order valence-corrected chi connectivity index (χ4v) is 4.20. The fraction of sp³-hybridized carbons (Fsp3) is 0.583. The summed E-state index contributed by atoms with van der Waals surface area (Å²) in [6.45, 7) is 7.02. The number of aromatic nitrogens is 2. The molecule has 1 aromatic carbocycles. The molecule has 176 valence electrons. The van der Waals surface area contributed by atoms with E-state index < -0.39 is 0 Å². The second-order valence-electron chi connectivity index (χ2n) is 8.29. The summed E-state index contributed by atoms with van der Waals surface area (Å²) in [5, 5.41) is 3.43. The molecule has 1 unspecified atom stereocenters. The van der Waals surface area contributed by atoms with Crippen LogP contribution in [0.1, 0.15) is 44.9 Å². The molecule has 4 rings (SSSR count). The van der Waals surface area contributed by atoms with Crippen molar-refractivity contribution in [2.24, 2.45) is 4.99 Å². The van der Waals surface area contributed by atoms with Crippen molar-refractivity contribution in [2.75, 3.05) is 32.8 Å². The van der Waals surface area contributed by atoms with Crippen LogP contribution in [0.25, 0.3) is 11.3 Å². The molecule has 32 heavy (non-hydrogen) atoms. The van der Waals surface area contributed by atoms with Crippen molar-refractivity contribution in [1.29, 1.82) is 0 Å². The standard InChI is InChI=1S/C24H35N5O2.HI/c1-2-25-24(27-17-23-26-16-22(28-23)19-8-4-3-5-9-19)29-13-11-20(12-14-29)31-18-21-10-6-7-15-30-21;/h3-5,8-9,16,20-21H,2,6-7,10-15,17-18H2,1H3,(H,25,27)(H,26,28);1H. The Kier molecular flexibility index (Phi) is 10.3. The highest BCUT2D eigenvalue weighted by Crippen LogP contribution is 2.19. The number of nitrogens with one attached hydrogen (secondary N) is 2. The third kappa shape index (κ3) is 7.18. The maximum Gasteiger partial charge on any atom is 0.194 e. The van der Waals surface area contributed by atoms with Crippen LogP contribution >= 0.6 is 24.0 Å². The van der Waals surface area contributed by atoms with E-state index >= 15 is 0 Å². The van der Waals surface area contributed by atoms with Gasteiger partial charge in [-0.05, 0) is 44.6 Å². The van der Waals surface area contributed by atoms with Gasteiger partial charge >= 0.3 is 0 Å². The van der Waals surface area contributed by atoms with Gasteiger partial charge in [0.25, 0.3) is 0 Å². The number of hydrogen-bond donors (Lipinski definition) is 2. The van der Waals surface area contributed by atoms with Gasteiger partial charge in [-0.2, -0.15) is 0 Å². The van der Waals surface area contributed by atoms with Gasteiger partial charge in [0.15, 0.2) is 5.96 Å². The molecule has 0 spiro atoms. The van der Waals surface area contributed by atoms with Gasteiger partial charge in [0, 0.05) is 26.2 Å². The molecule has 2 aliphatic rings. The highest BCUT2D eigenvalue weighted by Gasteiger charge is 2.23. The molecular formula is C24H36IN5O2. The van der Waals surface area contributed by atoms with Gasteiger partial charge < -0.3 is 24.7 Å². The summed E-state index contributed by atoms with van der Waals surface area (Å²) in [5.74, 6) is 1.83. The number of halogens is 1. The first kappa shape index (κ1) is 25.0. The number of aromatic amines is 1. The highest BCUT2D eigenvalue weighted by atomic mass is 127. The number of likely N-dealkylation sites (tertiary alicyclic amines) is 1. The molecule has 2 N–H and O–H groups in total. The zero-order chi connectivity index (χ0) is 21.3. The molecule has 2 aromatic rings. The van der Waals surface area contributed by atoms with Crippen molar-refractivity contribution in [1.82, 2.24) is 20.2 Å². The zero-order valence-corrected chi connectivity index (χ0v) is 21.3. The third-order valence-corrected chi connectivity index (χ3v) is 5.96. The summed E-state index contributed by atoms with van der Waals surface area (Å²) in [7, 11) is 0. The van der Waals surface area contributed by atoms with Crippen LogP contribution < -0.4 is 5.32 Å². The van der Waals surface area contributed by atoms with Crippen LogP contribution in [0.15, 0.2) is 41.5 Å². The van der Waals surface area contributed by atoms with Crippen LogP contribution in [0.4, 0.5) is 0 Å². The van der Waals surface area contributed by atoms with E-state index in [0.717, 1.165) is 75.2 Å². The quantitative estimate of drug-likeness (QED) is 0.306. The van der Waals surface area contributed by atoms with Crippen LogP contribution in [0.5, 0.6) is 0 Å². The van der Waals surface area contributed by atoms with Crippen molar-refractivity contribution in [3.05, 3.63) is 42.4 Å². The normalized spacial score (nSPS) is 20.1. The topological polar surface area (TPSA) is 74.8 Å². The molecule has 2 fully saturated rings. The first-order chi connectivity index (χ1) is 15.3. The first-order valence-electron chi connectivity index (χ1n) is 11.7. The monoisotopic (exact) mass is 553 g/mol. The molecule has 8 heteroatoms. The average Bonchev–Trinajstić information content (AvgIpc) is 3.31. The molecule has 0 saturated carbocycles. The van der Waals surface area contributed by atoms with E-state index in [1.165, 1.54) is 12.8 Å². The maximum atomic E-state index is 6.16. The van der Waals surface area contributed by atoms with E-state index in [1.54, 1.807) is 0 Å². The maximum absolute atomic E-state index is 6.16. The summed E-state index contributed by atoms with van der Waals surface area (Å²) >= 11 is 0. The number of hydrogen-bond acceptors (Lipinski definition) is 4. The largest absolute Gasteiger partial charge is 0.376 e. The lowest BCUT2D eigenvalue weighted by Crippen LogP contribution is -2.47. The van der Waals surface area contributed by atoms with Crippen LogP contribution in [0.2, 0.25) is 0 Å². The molecule has 2 aliphatic heterocycles. The molecule has 2 saturated heterocycles. The van der Waals surface area contributed by atoms with Gasteiger partial charge in [-0.1, -0.05) is 30.3 Å². The lowest BCUT2D eigenvalue weighted by molar-refractivity contribution is -0.0721. The third-order valence-electron chi connectivity index (χ3n) is 5.96. The molecule has 0 radical (unpaired) electrons. The van der Waals surface area contributed by atoms with Gasteiger partial charge in [0.05, 0.1) is 30.7 Å². The SMILES string of the molecule is CCNC(=NCc1ncc(-c2ccccc2)[nH]1)N1CCC(OCC2CCCCO2)CC1.I. The van der Waals surface area contributed by atoms with Gasteiger partial charge in [0.1, 0.15) is 12.4 Å². The summed E-state index contributed by atoms with van der Waals surface area (Å²) in [5.41, 5.74) is 2.16. The van der Waals surface area contributed by atoms with Gasteiger partial charge in [-0.25, -0.2) is 9.98 Å². The second kappa shape index (κ2) is 13.2. The molecule has 1 aromatic heterocycles. The number of rotatable bonds is 7. The molecule has 1 atom stereocenters. The zero-order valence-electron chi connectivity index (χ0n) is 19.0. The number of nitrogens with zero attached hydrogens (tertiary/aromatic N) is 3. The van der Waals surface area contributed by atoms with E-state index in [9.17, 15) is 0 Å². The Morgan fingerprint density at radius 1 is 1.22 bits per heavy atom. The predicted molar refractivity (Wildman–Crippen MR) is 138 cm³/mol. The van der Waals surface area contributed by atoms with Crippen LogP contribution in [0.3, 0.4) is 0 Å². The molecule has 0 amide bonds. The van der Waals surface area contributed by atoms with Crippen molar-refractivity contribution < 1.29 is 9.47 Å². The van der Waals surface area contributed by atoms with Crippen molar-refractivity contribution in [2.45, 2.75) is 57.8 Å². The molecule has 0 bridgehead atoms. The Labute approximate surface area is 208 Å². The Balaban J connectivity index is 0.00000289.